The quantitative estimate of drug-likeness (QED) is 0.00633. The fourth-order valence-corrected chi connectivity index (χ4v) is 22.6. The van der Waals surface area contributed by atoms with Crippen LogP contribution in [0.3, 0.4) is 0 Å². The van der Waals surface area contributed by atoms with Crippen molar-refractivity contribution >= 4 is 127 Å². The SMILES string of the molecule is CCCCNS(=O)(=O)c1ccc(-c2c3ccc(=[N+](CC)CC)cc-3oc3cc(N(CC)CC)ccc23)c(S(=O)(=O)[O-])c1.CCCN(CC)c1ccc2c(-c3ccc(S(=O)(=O)O)cc3S(=O)(=O)[O-])c3ccc(=[N+](CCC)CCC)cc-3oc2c1.CCC[NH+]=c1ccc2c(-c3ccccc3S(=O)(=O)[O-])c3ccc(NCCN)cc3oc-2c1.O=S(=O)(O)c1ccccc1-c1c2ccc(=[NH+]CCO)cc-2oc2cc(NCCO)ccc12.[Cl-].[Na+]. The standard InChI is InChI=1S/C31H39N3O6S2.C30H36N2O7S2.C24H25N3O4S.C23H22N2O6S.ClH.Na/c1-6-11-18-32-41(35,36)24-14-17-27(30(21-24)42(37,38)39)31-25-15-12-22(33(7-2)8-3)19-28(25)40-29-20-23(13-16-26(29)31)34(9-4)10-5;1-5-15-31(8-4)21-9-12-24-27(18-21)39-28-19-22(32(16-6-2)17-7-3)10-13-25(28)30(24)26-14-11-23(40(33,34)35)20-29(26)41(36,37)38;1-2-12-26-16-7-9-18-21(14-16)31-22-15-17(27-13-11-25)8-10-19(22)24(18)20-5-3-4-6-23(20)32(28,29)30;26-11-9-24-15-5-7-17-20(13-15)31-21-14-16(25-10-12-27)6-8-18(21)23(17)19-3-1-2-4-22(19)32(28,29)30;;/h12-17,19-21,32H,6-11,18H2,1-5H3;9-14,18-20H,5-8,15-17H2,1-4H3,(H-,33,34,35,36,37,38);3-10,14-15,27H,2,11-13,25H2,1H3,(H,28,29,30);1-8,13-14,24,26-27H,9-12H2,(H,28,29,30);1H;/q;;;;;+1. The molecule has 0 saturated heterocycles. The number of benzene rings is 12. The maximum absolute atomic E-state index is 12.9. The average molecular weight is 2180 g/mol. The van der Waals surface area contributed by atoms with E-state index in [0.29, 0.717) is 156 Å². The topological polar surface area (TPSA) is 510 Å². The van der Waals surface area contributed by atoms with E-state index in [2.05, 4.69) is 107 Å². The van der Waals surface area contributed by atoms with Gasteiger partial charge in [0, 0.05) is 231 Å². The molecule has 4 heterocycles. The van der Waals surface area contributed by atoms with Crippen molar-refractivity contribution in [1.29, 1.82) is 0 Å². The van der Waals surface area contributed by atoms with E-state index in [1.165, 1.54) is 30.3 Å². The van der Waals surface area contributed by atoms with E-state index >= 15 is 0 Å². The van der Waals surface area contributed by atoms with Crippen molar-refractivity contribution in [2.75, 3.05) is 125 Å². The fourth-order valence-electron chi connectivity index (χ4n) is 18.0. The molecule has 0 amide bonds. The van der Waals surface area contributed by atoms with Crippen LogP contribution in [0.25, 0.3) is 134 Å². The first-order chi connectivity index (χ1) is 70.2. The molecule has 8 aliphatic rings. The summed E-state index contributed by atoms with van der Waals surface area (Å²) in [5, 5.41) is 30.6. The zero-order chi connectivity index (χ0) is 106. The van der Waals surface area contributed by atoms with E-state index in [0.717, 1.165) is 153 Å². The van der Waals surface area contributed by atoms with Crippen LogP contribution in [0.1, 0.15) is 108 Å². The number of nitrogens with two attached hydrogens (primary N) is 1. The fraction of sp³-hybridized carbons (Fsp3) is 0.296. The minimum Gasteiger partial charge on any atom is -1.00 e. The van der Waals surface area contributed by atoms with Crippen molar-refractivity contribution in [2.24, 2.45) is 5.73 Å². The Morgan fingerprint density at radius 3 is 1.18 bits per heavy atom. The number of hydrogen-bond acceptors (Lipinski definition) is 26. The van der Waals surface area contributed by atoms with Crippen LogP contribution in [0, 0.1) is 0 Å². The summed E-state index contributed by atoms with van der Waals surface area (Å²) in [4.78, 5) is 8.04. The van der Waals surface area contributed by atoms with Crippen molar-refractivity contribution in [2.45, 2.75) is 137 Å². The van der Waals surface area contributed by atoms with Gasteiger partial charge in [-0.2, -0.15) is 16.8 Å². The van der Waals surface area contributed by atoms with E-state index in [1.54, 1.807) is 48.5 Å². The molecule has 0 spiro atoms. The van der Waals surface area contributed by atoms with Gasteiger partial charge >= 0.3 is 29.6 Å². The molecule has 16 rings (SSSR count). The Kier molecular flexibility index (Phi) is 41.0. The third-order valence-electron chi connectivity index (χ3n) is 24.9. The van der Waals surface area contributed by atoms with Crippen molar-refractivity contribution in [3.63, 3.8) is 0 Å². The first-order valence-corrected chi connectivity index (χ1v) is 57.4. The van der Waals surface area contributed by atoms with E-state index in [9.17, 15) is 73.3 Å². The van der Waals surface area contributed by atoms with Gasteiger partial charge in [-0.25, -0.2) is 57.5 Å². The van der Waals surface area contributed by atoms with Gasteiger partial charge in [-0.1, -0.05) is 89.6 Å². The third kappa shape index (κ3) is 27.8. The molecule has 0 fully saturated rings. The summed E-state index contributed by atoms with van der Waals surface area (Å²) in [7, 11) is -28.1. The predicted octanol–water partition coefficient (Wildman–Crippen LogP) is 6.74. The molecular weight excluding hydrogens is 2060 g/mol. The normalized spacial score (nSPS) is 12.2. The molecule has 41 heteroatoms. The first-order valence-electron chi connectivity index (χ1n) is 48.8. The number of rotatable bonds is 37. The Morgan fingerprint density at radius 2 is 0.765 bits per heavy atom. The van der Waals surface area contributed by atoms with E-state index < -0.39 is 75.3 Å². The number of hydrogen-bond donors (Lipinski definition) is 10. The van der Waals surface area contributed by atoms with E-state index in [1.807, 2.05) is 140 Å². The van der Waals surface area contributed by atoms with Crippen LogP contribution in [-0.2, 0) is 60.6 Å². The summed E-state index contributed by atoms with van der Waals surface area (Å²) in [5.74, 6) is 2.10. The monoisotopic (exact) mass is 2180 g/mol. The molecule has 0 aromatic heterocycles. The molecule has 0 unspecified atom stereocenters. The molecule has 149 heavy (non-hydrogen) atoms. The second-order valence-corrected chi connectivity index (χ2v) is 43.3. The van der Waals surface area contributed by atoms with Crippen molar-refractivity contribution in [3.05, 3.63) is 252 Å². The summed E-state index contributed by atoms with van der Waals surface area (Å²) in [6.45, 7) is 29.9. The van der Waals surface area contributed by atoms with Gasteiger partial charge in [0.2, 0.25) is 31.5 Å². The van der Waals surface area contributed by atoms with Crippen LogP contribution >= 0.6 is 0 Å². The minimum absolute atomic E-state index is 0. The van der Waals surface area contributed by atoms with E-state index in [-0.39, 0.29) is 87.5 Å². The zero-order valence-electron chi connectivity index (χ0n) is 84.7. The van der Waals surface area contributed by atoms with Crippen LogP contribution in [0.15, 0.2) is 278 Å². The number of unbranched alkanes of at least 4 members (excludes halogenated alkanes) is 1. The Morgan fingerprint density at radius 1 is 0.369 bits per heavy atom. The summed E-state index contributed by atoms with van der Waals surface area (Å²) in [6, 6.07) is 64.2. The molecule has 0 radical (unpaired) electrons. The molecule has 8 aromatic rings. The van der Waals surface area contributed by atoms with Gasteiger partial charge in [0.05, 0.1) is 55.3 Å². The second-order valence-electron chi connectivity index (χ2n) is 34.7. The Bertz CT molecular complexity index is 8220. The molecule has 33 nitrogen and oxygen atoms in total. The summed E-state index contributed by atoms with van der Waals surface area (Å²) in [5.41, 5.74) is 16.7. The van der Waals surface area contributed by atoms with Gasteiger partial charge in [0.25, 0.3) is 20.2 Å². The maximum atomic E-state index is 12.9. The van der Waals surface area contributed by atoms with Crippen LogP contribution in [0.4, 0.5) is 22.7 Å². The van der Waals surface area contributed by atoms with Gasteiger partial charge < -0.3 is 80.1 Å². The molecule has 0 bridgehead atoms. The van der Waals surface area contributed by atoms with Gasteiger partial charge in [-0.15, -0.1) is 0 Å². The molecular formula is C108H123ClN10NaO23S6+. The number of anilines is 4. The number of fused-ring (bicyclic) bond motifs is 8. The number of sulfonamides is 1. The molecule has 0 saturated carbocycles. The number of aliphatic hydroxyl groups is 2. The maximum Gasteiger partial charge on any atom is 1.00 e. The Balaban J connectivity index is 0.000000189. The van der Waals surface area contributed by atoms with Crippen LogP contribution in [0.5, 0.6) is 0 Å². The van der Waals surface area contributed by atoms with Crippen molar-refractivity contribution in [1.82, 2.24) is 13.9 Å². The third-order valence-corrected chi connectivity index (χ3v) is 30.7. The Hall–Kier alpha value is -11.7. The van der Waals surface area contributed by atoms with Gasteiger partial charge in [0.1, 0.15) is 120 Å². The van der Waals surface area contributed by atoms with Crippen molar-refractivity contribution < 1.29 is 153 Å². The van der Waals surface area contributed by atoms with Gasteiger partial charge in [-0.3, -0.25) is 9.11 Å². The molecule has 0 atom stereocenters. The molecule has 4 aliphatic carbocycles. The van der Waals surface area contributed by atoms with Gasteiger partial charge in [0.15, 0.2) is 6.54 Å². The summed E-state index contributed by atoms with van der Waals surface area (Å²) in [6.07, 6.45) is 5.24. The minimum atomic E-state index is -5.14. The molecule has 786 valence electrons. The van der Waals surface area contributed by atoms with Gasteiger partial charge in [-0.05, 0) is 157 Å². The summed E-state index contributed by atoms with van der Waals surface area (Å²) < 4.78 is 237. The molecule has 4 aliphatic heterocycles. The second kappa shape index (κ2) is 51.9. The van der Waals surface area contributed by atoms with Crippen LogP contribution < -0.4 is 113 Å². The molecule has 11 N–H and O–H groups in total. The van der Waals surface area contributed by atoms with E-state index in [4.69, 9.17) is 33.6 Å². The largest absolute Gasteiger partial charge is 1.00 e. The summed E-state index contributed by atoms with van der Waals surface area (Å²) >= 11 is 0. The zero-order valence-corrected chi connectivity index (χ0v) is 92.4. The number of aliphatic hydroxyl groups excluding tert-OH is 2. The average Bonchev–Trinajstić information content (AvgIpc) is 0.769. The smallest absolute Gasteiger partial charge is 1.00 e. The molecule has 8 aromatic carbocycles. The first kappa shape index (κ1) is 118. The van der Waals surface area contributed by atoms with Crippen LogP contribution in [0.2, 0.25) is 0 Å². The predicted molar refractivity (Wildman–Crippen MR) is 569 cm³/mol. The number of nitrogens with zero attached hydrogens (tertiary/aromatic N) is 4. The number of nitrogens with one attached hydrogen (secondary N) is 5. The Labute approximate surface area is 896 Å². The van der Waals surface area contributed by atoms with Crippen LogP contribution in [-0.4, -0.2) is 188 Å². The number of halogens is 1. The van der Waals surface area contributed by atoms with Crippen molar-refractivity contribution in [3.8, 4) is 89.8 Å².